The molecule has 4 heteroatoms. The first-order valence-corrected chi connectivity index (χ1v) is 8.57. The number of aryl methyl sites for hydroxylation is 4. The van der Waals surface area contributed by atoms with E-state index >= 15 is 0 Å². The van der Waals surface area contributed by atoms with Gasteiger partial charge in [-0.05, 0) is 81.1 Å². The van der Waals surface area contributed by atoms with Gasteiger partial charge in [-0.2, -0.15) is 0 Å². The Morgan fingerprint density at radius 1 is 0.880 bits per heavy atom. The van der Waals surface area contributed by atoms with E-state index in [0.717, 1.165) is 28.0 Å². The summed E-state index contributed by atoms with van der Waals surface area (Å²) in [6.45, 7) is 10.7. The van der Waals surface area contributed by atoms with Crippen molar-refractivity contribution in [2.24, 2.45) is 0 Å². The molecule has 2 rings (SSSR count). The van der Waals surface area contributed by atoms with Crippen LogP contribution in [0.25, 0.3) is 0 Å². The predicted octanol–water partition coefficient (Wildman–Crippen LogP) is 3.88. The number of nitrogens with one attached hydrogen (secondary N) is 1. The highest BCUT2D eigenvalue weighted by molar-refractivity contribution is 5.80. The van der Waals surface area contributed by atoms with Crippen LogP contribution in [0.2, 0.25) is 0 Å². The number of benzene rings is 2. The third kappa shape index (κ3) is 6.14. The second-order valence-corrected chi connectivity index (χ2v) is 6.55. The topological polar surface area (TPSA) is 47.6 Å². The molecule has 25 heavy (non-hydrogen) atoms. The van der Waals surface area contributed by atoms with Crippen molar-refractivity contribution in [3.8, 4) is 11.5 Å². The van der Waals surface area contributed by atoms with Gasteiger partial charge in [-0.1, -0.05) is 12.1 Å². The molecule has 0 fully saturated rings. The first-order valence-electron chi connectivity index (χ1n) is 8.57. The maximum absolute atomic E-state index is 12.1. The molecule has 0 bridgehead atoms. The zero-order chi connectivity index (χ0) is 18.4. The van der Waals surface area contributed by atoms with Crippen molar-refractivity contribution in [2.75, 3.05) is 13.2 Å². The first-order chi connectivity index (χ1) is 11.8. The molecule has 4 nitrogen and oxygen atoms in total. The van der Waals surface area contributed by atoms with Crippen LogP contribution >= 0.6 is 0 Å². The molecular weight excluding hydrogens is 314 g/mol. The number of amides is 1. The summed E-state index contributed by atoms with van der Waals surface area (Å²) in [5.41, 5.74) is 4.55. The van der Waals surface area contributed by atoms with Crippen molar-refractivity contribution >= 4 is 5.91 Å². The third-order valence-electron chi connectivity index (χ3n) is 3.74. The fourth-order valence-corrected chi connectivity index (χ4v) is 2.76. The highest BCUT2D eigenvalue weighted by Crippen LogP contribution is 2.18. The molecule has 0 saturated heterocycles. The van der Waals surface area contributed by atoms with Crippen LogP contribution in [0.1, 0.15) is 29.2 Å². The second-order valence-electron chi connectivity index (χ2n) is 6.55. The molecule has 0 radical (unpaired) electrons. The minimum Gasteiger partial charge on any atom is -0.492 e. The molecule has 0 aliphatic rings. The SMILES string of the molecule is Cc1cc(C)cc(OCCNC(=O)[C@H](C)Oc2cc(C)cc(C)c2)c1. The van der Waals surface area contributed by atoms with E-state index in [-0.39, 0.29) is 5.91 Å². The van der Waals surface area contributed by atoms with Crippen molar-refractivity contribution in [3.05, 3.63) is 58.7 Å². The van der Waals surface area contributed by atoms with Crippen molar-refractivity contribution in [2.45, 2.75) is 40.7 Å². The summed E-state index contributed by atoms with van der Waals surface area (Å²) in [5.74, 6) is 1.39. The maximum atomic E-state index is 12.1. The number of carbonyl (C=O) groups is 1. The Balaban J connectivity index is 1.77. The van der Waals surface area contributed by atoms with Gasteiger partial charge >= 0.3 is 0 Å². The Bertz CT molecular complexity index is 699. The molecule has 0 spiro atoms. The van der Waals surface area contributed by atoms with Gasteiger partial charge in [-0.15, -0.1) is 0 Å². The highest BCUT2D eigenvalue weighted by Gasteiger charge is 2.14. The molecule has 2 aromatic rings. The molecule has 1 N–H and O–H groups in total. The van der Waals surface area contributed by atoms with Crippen molar-refractivity contribution in [1.29, 1.82) is 0 Å². The molecule has 1 amide bonds. The molecule has 0 aromatic heterocycles. The van der Waals surface area contributed by atoms with Gasteiger partial charge in [0.05, 0.1) is 6.54 Å². The summed E-state index contributed by atoms with van der Waals surface area (Å²) in [6.07, 6.45) is -0.553. The van der Waals surface area contributed by atoms with Crippen molar-refractivity contribution < 1.29 is 14.3 Å². The molecule has 0 heterocycles. The Morgan fingerprint density at radius 3 is 1.88 bits per heavy atom. The smallest absolute Gasteiger partial charge is 0.260 e. The Hall–Kier alpha value is -2.49. The minimum atomic E-state index is -0.553. The van der Waals surface area contributed by atoms with E-state index in [1.165, 1.54) is 0 Å². The van der Waals surface area contributed by atoms with Crippen LogP contribution in [0.3, 0.4) is 0 Å². The van der Waals surface area contributed by atoms with Gasteiger partial charge in [0.1, 0.15) is 18.1 Å². The van der Waals surface area contributed by atoms with E-state index in [4.69, 9.17) is 9.47 Å². The maximum Gasteiger partial charge on any atom is 0.260 e. The average molecular weight is 341 g/mol. The number of carbonyl (C=O) groups excluding carboxylic acids is 1. The number of hydrogen-bond acceptors (Lipinski definition) is 3. The van der Waals surface area contributed by atoms with Gasteiger partial charge in [-0.3, -0.25) is 4.79 Å². The lowest BCUT2D eigenvalue weighted by Gasteiger charge is -2.16. The number of rotatable bonds is 7. The summed E-state index contributed by atoms with van der Waals surface area (Å²) >= 11 is 0. The minimum absolute atomic E-state index is 0.150. The average Bonchev–Trinajstić information content (AvgIpc) is 2.49. The quantitative estimate of drug-likeness (QED) is 0.778. The monoisotopic (exact) mass is 341 g/mol. The van der Waals surface area contributed by atoms with E-state index < -0.39 is 6.10 Å². The van der Waals surface area contributed by atoms with Crippen LogP contribution in [0, 0.1) is 27.7 Å². The molecule has 0 unspecified atom stereocenters. The molecule has 1 atom stereocenters. The lowest BCUT2D eigenvalue weighted by molar-refractivity contribution is -0.127. The van der Waals surface area contributed by atoms with Crippen molar-refractivity contribution in [3.63, 3.8) is 0 Å². The van der Waals surface area contributed by atoms with Crippen LogP contribution < -0.4 is 14.8 Å². The zero-order valence-corrected chi connectivity index (χ0v) is 15.7. The van der Waals surface area contributed by atoms with Gasteiger partial charge in [0, 0.05) is 0 Å². The van der Waals surface area contributed by atoms with Gasteiger partial charge < -0.3 is 14.8 Å². The van der Waals surface area contributed by atoms with E-state index in [2.05, 4.69) is 17.4 Å². The largest absolute Gasteiger partial charge is 0.492 e. The van der Waals surface area contributed by atoms with Crippen LogP contribution in [0.5, 0.6) is 11.5 Å². The van der Waals surface area contributed by atoms with Gasteiger partial charge in [0.15, 0.2) is 6.10 Å². The summed E-state index contributed by atoms with van der Waals surface area (Å²) in [4.78, 5) is 12.1. The first kappa shape index (κ1) is 18.8. The van der Waals surface area contributed by atoms with E-state index in [9.17, 15) is 4.79 Å². The fraction of sp³-hybridized carbons (Fsp3) is 0.381. The molecule has 2 aromatic carbocycles. The van der Waals surface area contributed by atoms with Gasteiger partial charge in [0.2, 0.25) is 0 Å². The third-order valence-corrected chi connectivity index (χ3v) is 3.74. The predicted molar refractivity (Wildman–Crippen MR) is 100 cm³/mol. The molecule has 0 saturated carbocycles. The summed E-state index contributed by atoms with van der Waals surface area (Å²) in [6, 6.07) is 12.0. The summed E-state index contributed by atoms with van der Waals surface area (Å²) < 4.78 is 11.4. The lowest BCUT2D eigenvalue weighted by atomic mass is 10.1. The van der Waals surface area contributed by atoms with E-state index in [1.807, 2.05) is 52.0 Å². The van der Waals surface area contributed by atoms with Gasteiger partial charge in [0.25, 0.3) is 5.91 Å². The lowest BCUT2D eigenvalue weighted by Crippen LogP contribution is -2.38. The standard InChI is InChI=1S/C21H27NO3/c1-14-8-15(2)11-19(10-14)24-7-6-22-21(23)18(5)25-20-12-16(3)9-17(4)13-20/h8-13,18H,6-7H2,1-5H3,(H,22,23)/t18-/m0/s1. The summed E-state index contributed by atoms with van der Waals surface area (Å²) in [5, 5.41) is 2.84. The van der Waals surface area contributed by atoms with Gasteiger partial charge in [-0.25, -0.2) is 0 Å². The van der Waals surface area contributed by atoms with Crippen molar-refractivity contribution in [1.82, 2.24) is 5.32 Å². The number of ether oxygens (including phenoxy) is 2. The normalized spacial score (nSPS) is 11.7. The Kier molecular flexibility index (Phi) is 6.45. The Labute approximate surface area is 150 Å². The van der Waals surface area contributed by atoms with Crippen LogP contribution in [0.4, 0.5) is 0 Å². The molecule has 134 valence electrons. The summed E-state index contributed by atoms with van der Waals surface area (Å²) in [7, 11) is 0. The van der Waals surface area contributed by atoms with Crippen LogP contribution in [-0.4, -0.2) is 25.2 Å². The zero-order valence-electron chi connectivity index (χ0n) is 15.7. The molecular formula is C21H27NO3. The second kappa shape index (κ2) is 8.56. The molecule has 0 aliphatic carbocycles. The van der Waals surface area contributed by atoms with E-state index in [0.29, 0.717) is 18.9 Å². The fourth-order valence-electron chi connectivity index (χ4n) is 2.76. The number of hydrogen-bond donors (Lipinski definition) is 1. The van der Waals surface area contributed by atoms with E-state index in [1.54, 1.807) is 6.92 Å². The Morgan fingerprint density at radius 2 is 1.36 bits per heavy atom. The highest BCUT2D eigenvalue weighted by atomic mass is 16.5. The van der Waals surface area contributed by atoms with Crippen LogP contribution in [-0.2, 0) is 4.79 Å². The van der Waals surface area contributed by atoms with Crippen LogP contribution in [0.15, 0.2) is 36.4 Å². The molecule has 0 aliphatic heterocycles.